The molecule has 0 radical (unpaired) electrons. The second-order valence-electron chi connectivity index (χ2n) is 5.32. The normalized spacial score (nSPS) is 10.7. The van der Waals surface area contributed by atoms with Crippen molar-refractivity contribution in [3.8, 4) is 5.75 Å². The van der Waals surface area contributed by atoms with Crippen LogP contribution in [-0.4, -0.2) is 23.2 Å². The van der Waals surface area contributed by atoms with Gasteiger partial charge < -0.3 is 9.84 Å². The van der Waals surface area contributed by atoms with Gasteiger partial charge in [-0.3, -0.25) is 0 Å². The Hall–Kier alpha value is -2.88. The topological polar surface area (TPSA) is 59.4 Å². The van der Waals surface area contributed by atoms with E-state index in [4.69, 9.17) is 4.74 Å². The van der Waals surface area contributed by atoms with Crippen LogP contribution in [0.3, 0.4) is 0 Å². The molecule has 4 heteroatoms. The van der Waals surface area contributed by atoms with Gasteiger partial charge in [-0.1, -0.05) is 42.5 Å². The number of pyridine rings is 1. The molecule has 1 heterocycles. The molecule has 0 fully saturated rings. The van der Waals surface area contributed by atoms with Gasteiger partial charge >= 0.3 is 5.97 Å². The van der Waals surface area contributed by atoms with E-state index >= 15 is 0 Å². The lowest BCUT2D eigenvalue weighted by atomic mass is 10.0. The van der Waals surface area contributed by atoms with Crippen LogP contribution in [0.5, 0.6) is 5.75 Å². The zero-order chi connectivity index (χ0) is 16.2. The van der Waals surface area contributed by atoms with Crippen LogP contribution < -0.4 is 0 Å². The molecule has 3 aromatic rings. The van der Waals surface area contributed by atoms with Gasteiger partial charge in [0, 0.05) is 11.5 Å². The lowest BCUT2D eigenvalue weighted by Crippen LogP contribution is -2.05. The fourth-order valence-corrected chi connectivity index (χ4v) is 2.62. The molecule has 3 rings (SSSR count). The van der Waals surface area contributed by atoms with E-state index in [2.05, 4.69) is 17.1 Å². The Morgan fingerprint density at radius 2 is 1.87 bits per heavy atom. The number of hydrogen-bond donors (Lipinski definition) is 1. The van der Waals surface area contributed by atoms with Gasteiger partial charge in [0.2, 0.25) is 0 Å². The number of nitrogens with zero attached hydrogens (tertiary/aromatic N) is 1. The fourth-order valence-electron chi connectivity index (χ4n) is 2.62. The van der Waals surface area contributed by atoms with Crippen LogP contribution >= 0.6 is 0 Å². The van der Waals surface area contributed by atoms with Crippen molar-refractivity contribution in [1.29, 1.82) is 0 Å². The quantitative estimate of drug-likeness (QED) is 0.749. The van der Waals surface area contributed by atoms with Gasteiger partial charge in [0.05, 0.1) is 12.6 Å². The van der Waals surface area contributed by atoms with Crippen LogP contribution in [0.15, 0.2) is 54.6 Å². The zero-order valence-electron chi connectivity index (χ0n) is 12.8. The Morgan fingerprint density at radius 3 is 2.61 bits per heavy atom. The number of carbonyl (C=O) groups excluding carboxylic acids is 1. The van der Waals surface area contributed by atoms with Crippen LogP contribution in [0.25, 0.3) is 10.9 Å². The number of aryl methyl sites for hydroxylation is 2. The largest absolute Gasteiger partial charge is 0.507 e. The summed E-state index contributed by atoms with van der Waals surface area (Å²) in [4.78, 5) is 16.1. The summed E-state index contributed by atoms with van der Waals surface area (Å²) in [5, 5.41) is 10.8. The Labute approximate surface area is 134 Å². The molecule has 2 aromatic carbocycles. The Morgan fingerprint density at radius 1 is 1.09 bits per heavy atom. The fraction of sp³-hybridized carbons (Fsp3) is 0.158. The number of methoxy groups -OCH3 is 1. The lowest BCUT2D eigenvalue weighted by molar-refractivity contribution is 0.0594. The number of aromatic hydroxyl groups is 1. The molecule has 0 aliphatic heterocycles. The molecule has 0 bridgehead atoms. The van der Waals surface area contributed by atoms with Gasteiger partial charge in [-0.25, -0.2) is 9.78 Å². The lowest BCUT2D eigenvalue weighted by Gasteiger charge is -2.09. The molecule has 0 unspecified atom stereocenters. The van der Waals surface area contributed by atoms with Crippen molar-refractivity contribution in [2.24, 2.45) is 0 Å². The maximum absolute atomic E-state index is 11.7. The predicted octanol–water partition coefficient (Wildman–Crippen LogP) is 3.51. The Kier molecular flexibility index (Phi) is 4.24. The second kappa shape index (κ2) is 6.48. The smallest absolute Gasteiger partial charge is 0.356 e. The second-order valence-corrected chi connectivity index (χ2v) is 5.32. The van der Waals surface area contributed by atoms with E-state index in [0.717, 1.165) is 18.4 Å². The van der Waals surface area contributed by atoms with Gasteiger partial charge in [0.25, 0.3) is 0 Å². The summed E-state index contributed by atoms with van der Waals surface area (Å²) in [7, 11) is 1.30. The molecule has 0 aliphatic carbocycles. The first-order valence-electron chi connectivity index (χ1n) is 7.43. The third-order valence-corrected chi connectivity index (χ3v) is 3.82. The summed E-state index contributed by atoms with van der Waals surface area (Å²) in [5.41, 5.74) is 2.98. The predicted molar refractivity (Wildman–Crippen MR) is 88.6 cm³/mol. The van der Waals surface area contributed by atoms with E-state index in [1.54, 1.807) is 6.07 Å². The van der Waals surface area contributed by atoms with Crippen molar-refractivity contribution in [3.63, 3.8) is 0 Å². The van der Waals surface area contributed by atoms with Crippen LogP contribution in [0.1, 0.15) is 21.6 Å². The molecular weight excluding hydrogens is 290 g/mol. The Bertz CT molecular complexity index is 844. The van der Waals surface area contributed by atoms with Gasteiger partial charge in [-0.2, -0.15) is 0 Å². The SMILES string of the molecule is COC(=O)c1cc(O)c2cccc(CCc3ccccc3)c2n1. The average molecular weight is 307 g/mol. The molecule has 0 amide bonds. The number of esters is 1. The first-order chi connectivity index (χ1) is 11.2. The number of para-hydroxylation sites is 1. The van der Waals surface area contributed by atoms with E-state index in [9.17, 15) is 9.90 Å². The maximum atomic E-state index is 11.7. The third kappa shape index (κ3) is 3.16. The van der Waals surface area contributed by atoms with Gasteiger partial charge in [0.15, 0.2) is 5.69 Å². The van der Waals surface area contributed by atoms with E-state index in [1.807, 2.05) is 30.3 Å². The highest BCUT2D eigenvalue weighted by Gasteiger charge is 2.14. The summed E-state index contributed by atoms with van der Waals surface area (Å²) in [6.45, 7) is 0. The molecule has 1 N–H and O–H groups in total. The molecule has 23 heavy (non-hydrogen) atoms. The number of aromatic nitrogens is 1. The Balaban J connectivity index is 1.99. The van der Waals surface area contributed by atoms with Crippen LogP contribution in [-0.2, 0) is 17.6 Å². The van der Waals surface area contributed by atoms with E-state index < -0.39 is 5.97 Å². The first-order valence-corrected chi connectivity index (χ1v) is 7.43. The highest BCUT2D eigenvalue weighted by Crippen LogP contribution is 2.27. The minimum Gasteiger partial charge on any atom is -0.507 e. The molecule has 0 saturated heterocycles. The molecule has 116 valence electrons. The van der Waals surface area contributed by atoms with E-state index in [-0.39, 0.29) is 11.4 Å². The van der Waals surface area contributed by atoms with Crippen molar-refractivity contribution in [3.05, 3.63) is 71.4 Å². The highest BCUT2D eigenvalue weighted by molar-refractivity contribution is 5.94. The van der Waals surface area contributed by atoms with Crippen molar-refractivity contribution in [1.82, 2.24) is 4.98 Å². The molecular formula is C19H17NO3. The molecule has 0 aliphatic rings. The van der Waals surface area contributed by atoms with E-state index in [1.165, 1.54) is 18.7 Å². The summed E-state index contributed by atoms with van der Waals surface area (Å²) in [5.74, 6) is -0.517. The zero-order valence-corrected chi connectivity index (χ0v) is 12.8. The number of carbonyl (C=O) groups is 1. The third-order valence-electron chi connectivity index (χ3n) is 3.82. The van der Waals surface area contributed by atoms with Gasteiger partial charge in [-0.15, -0.1) is 0 Å². The van der Waals surface area contributed by atoms with Gasteiger partial charge in [0.1, 0.15) is 5.75 Å². The summed E-state index contributed by atoms with van der Waals surface area (Å²) < 4.78 is 4.70. The summed E-state index contributed by atoms with van der Waals surface area (Å²) >= 11 is 0. The number of benzene rings is 2. The monoisotopic (exact) mass is 307 g/mol. The van der Waals surface area contributed by atoms with Crippen LogP contribution in [0.4, 0.5) is 0 Å². The molecule has 0 atom stereocenters. The minimum absolute atomic E-state index is 0.0389. The number of hydrogen-bond acceptors (Lipinski definition) is 4. The number of fused-ring (bicyclic) bond motifs is 1. The van der Waals surface area contributed by atoms with E-state index in [0.29, 0.717) is 10.9 Å². The molecule has 0 saturated carbocycles. The van der Waals surface area contributed by atoms with Crippen molar-refractivity contribution < 1.29 is 14.6 Å². The minimum atomic E-state index is -0.555. The summed E-state index contributed by atoms with van der Waals surface area (Å²) in [6.07, 6.45) is 1.64. The average Bonchev–Trinajstić information content (AvgIpc) is 2.60. The summed E-state index contributed by atoms with van der Waals surface area (Å²) in [6, 6.07) is 17.2. The number of rotatable bonds is 4. The van der Waals surface area contributed by atoms with Crippen molar-refractivity contribution >= 4 is 16.9 Å². The van der Waals surface area contributed by atoms with Crippen LogP contribution in [0.2, 0.25) is 0 Å². The van der Waals surface area contributed by atoms with Gasteiger partial charge in [-0.05, 0) is 30.0 Å². The molecule has 0 spiro atoms. The van der Waals surface area contributed by atoms with Crippen molar-refractivity contribution in [2.45, 2.75) is 12.8 Å². The molecule has 1 aromatic heterocycles. The van der Waals surface area contributed by atoms with Crippen molar-refractivity contribution in [2.75, 3.05) is 7.11 Å². The highest BCUT2D eigenvalue weighted by atomic mass is 16.5. The number of ether oxygens (including phenoxy) is 1. The maximum Gasteiger partial charge on any atom is 0.356 e. The molecule has 4 nitrogen and oxygen atoms in total. The first kappa shape index (κ1) is 15.0. The van der Waals surface area contributed by atoms with Crippen LogP contribution in [0, 0.1) is 0 Å². The standard InChI is InChI=1S/C19H17NO3/c1-23-19(22)16-12-17(21)15-9-5-8-14(18(15)20-16)11-10-13-6-3-2-4-7-13/h2-9,12H,10-11H2,1H3,(H,20,21).